The quantitative estimate of drug-likeness (QED) is 0.665. The zero-order valence-electron chi connectivity index (χ0n) is 10.3. The maximum atomic E-state index is 13.9. The standard InChI is InChI=1S/C15H13BrClFO/c16-10-7-11(13(14(17)19)12(18)8-10)9-1-3-15(4-2-9)5-6-15/h1,7-8H,2-6H2. The zero-order valence-corrected chi connectivity index (χ0v) is 12.7. The number of carbonyl (C=O) groups is 1. The molecule has 19 heavy (non-hydrogen) atoms. The number of hydrogen-bond donors (Lipinski definition) is 0. The molecule has 0 heterocycles. The van der Waals surface area contributed by atoms with Crippen LogP contribution in [0.2, 0.25) is 0 Å². The molecule has 1 nitrogen and oxygen atoms in total. The van der Waals surface area contributed by atoms with Crippen LogP contribution < -0.4 is 0 Å². The lowest BCUT2D eigenvalue weighted by atomic mass is 9.83. The van der Waals surface area contributed by atoms with Crippen LogP contribution >= 0.6 is 27.5 Å². The summed E-state index contributed by atoms with van der Waals surface area (Å²) in [6.07, 6.45) is 7.80. The minimum Gasteiger partial charge on any atom is -0.275 e. The maximum Gasteiger partial charge on any atom is 0.255 e. The van der Waals surface area contributed by atoms with Crippen molar-refractivity contribution < 1.29 is 9.18 Å². The highest BCUT2D eigenvalue weighted by atomic mass is 79.9. The van der Waals surface area contributed by atoms with Crippen LogP contribution in [0.5, 0.6) is 0 Å². The lowest BCUT2D eigenvalue weighted by Gasteiger charge is -2.22. The molecule has 0 amide bonds. The molecule has 4 heteroatoms. The third-order valence-electron chi connectivity index (χ3n) is 4.26. The molecule has 100 valence electrons. The Kier molecular flexibility index (Phi) is 3.30. The average molecular weight is 344 g/mol. The second-order valence-corrected chi connectivity index (χ2v) is 6.78. The summed E-state index contributed by atoms with van der Waals surface area (Å²) >= 11 is 8.81. The predicted molar refractivity (Wildman–Crippen MR) is 77.8 cm³/mol. The van der Waals surface area contributed by atoms with E-state index in [0.717, 1.165) is 24.8 Å². The minimum atomic E-state index is -0.729. The van der Waals surface area contributed by atoms with E-state index in [1.807, 2.05) is 0 Å². The molecule has 1 fully saturated rings. The van der Waals surface area contributed by atoms with Gasteiger partial charge in [0.1, 0.15) is 5.82 Å². The highest BCUT2D eigenvalue weighted by Crippen LogP contribution is 2.56. The lowest BCUT2D eigenvalue weighted by Crippen LogP contribution is -2.08. The molecule has 0 aromatic heterocycles. The molecule has 1 spiro atoms. The van der Waals surface area contributed by atoms with Crippen molar-refractivity contribution in [2.75, 3.05) is 0 Å². The Morgan fingerprint density at radius 3 is 2.58 bits per heavy atom. The van der Waals surface area contributed by atoms with Gasteiger partial charge < -0.3 is 0 Å². The Balaban J connectivity index is 2.04. The van der Waals surface area contributed by atoms with E-state index in [4.69, 9.17) is 11.6 Å². The summed E-state index contributed by atoms with van der Waals surface area (Å²) in [4.78, 5) is 11.5. The van der Waals surface area contributed by atoms with Gasteiger partial charge >= 0.3 is 0 Å². The van der Waals surface area contributed by atoms with Crippen LogP contribution in [0.15, 0.2) is 22.7 Å². The van der Waals surface area contributed by atoms with Crippen molar-refractivity contribution >= 4 is 38.3 Å². The van der Waals surface area contributed by atoms with Crippen molar-refractivity contribution in [1.82, 2.24) is 0 Å². The summed E-state index contributed by atoms with van der Waals surface area (Å²) in [7, 11) is 0. The molecule has 1 aromatic rings. The fourth-order valence-electron chi connectivity index (χ4n) is 2.85. The highest BCUT2D eigenvalue weighted by molar-refractivity contribution is 9.10. The first-order chi connectivity index (χ1) is 9.01. The number of benzene rings is 1. The second kappa shape index (κ2) is 4.71. The number of allylic oxidation sites excluding steroid dienone is 2. The first kappa shape index (κ1) is 13.3. The summed E-state index contributed by atoms with van der Waals surface area (Å²) in [5.41, 5.74) is 2.20. The Morgan fingerprint density at radius 2 is 2.05 bits per heavy atom. The Bertz CT molecular complexity index is 590. The molecule has 0 saturated heterocycles. The third kappa shape index (κ3) is 2.50. The Hall–Kier alpha value is -0.670. The summed E-state index contributed by atoms with van der Waals surface area (Å²) in [6, 6.07) is 3.07. The molecule has 0 unspecified atom stereocenters. The van der Waals surface area contributed by atoms with Gasteiger partial charge in [0.15, 0.2) is 0 Å². The van der Waals surface area contributed by atoms with Crippen molar-refractivity contribution in [2.45, 2.75) is 32.1 Å². The molecule has 0 radical (unpaired) electrons. The van der Waals surface area contributed by atoms with Crippen molar-refractivity contribution in [2.24, 2.45) is 5.41 Å². The second-order valence-electron chi connectivity index (χ2n) is 5.52. The molecule has 0 bridgehead atoms. The van der Waals surface area contributed by atoms with Crippen LogP contribution in [0.25, 0.3) is 5.57 Å². The average Bonchev–Trinajstić information content (AvgIpc) is 3.08. The van der Waals surface area contributed by atoms with Gasteiger partial charge in [-0.15, -0.1) is 0 Å². The van der Waals surface area contributed by atoms with Gasteiger partial charge in [-0.3, -0.25) is 4.79 Å². The van der Waals surface area contributed by atoms with E-state index in [1.165, 1.54) is 18.9 Å². The number of halogens is 3. The van der Waals surface area contributed by atoms with Gasteiger partial charge in [-0.25, -0.2) is 4.39 Å². The summed E-state index contributed by atoms with van der Waals surface area (Å²) in [5, 5.41) is -0.729. The largest absolute Gasteiger partial charge is 0.275 e. The van der Waals surface area contributed by atoms with E-state index >= 15 is 0 Å². The third-order valence-corrected chi connectivity index (χ3v) is 4.91. The maximum absolute atomic E-state index is 13.9. The molecule has 1 saturated carbocycles. The molecule has 0 N–H and O–H groups in total. The van der Waals surface area contributed by atoms with Gasteiger partial charge in [0, 0.05) is 4.47 Å². The highest BCUT2D eigenvalue weighted by Gasteiger charge is 2.42. The molecule has 2 aliphatic carbocycles. The fourth-order valence-corrected chi connectivity index (χ4v) is 3.47. The van der Waals surface area contributed by atoms with Gasteiger partial charge in [-0.1, -0.05) is 22.0 Å². The van der Waals surface area contributed by atoms with E-state index in [9.17, 15) is 9.18 Å². The van der Waals surface area contributed by atoms with Crippen LogP contribution in [0.1, 0.15) is 48.0 Å². The van der Waals surface area contributed by atoms with Crippen LogP contribution in [0, 0.1) is 11.2 Å². The van der Waals surface area contributed by atoms with Crippen LogP contribution in [0.3, 0.4) is 0 Å². The molecule has 1 aromatic carbocycles. The first-order valence-electron chi connectivity index (χ1n) is 6.39. The topological polar surface area (TPSA) is 17.1 Å². The normalized spacial score (nSPS) is 20.3. The van der Waals surface area contributed by atoms with E-state index in [1.54, 1.807) is 6.07 Å². The molecule has 2 aliphatic rings. The van der Waals surface area contributed by atoms with Crippen LogP contribution in [0.4, 0.5) is 4.39 Å². The molecule has 0 aliphatic heterocycles. The molecule has 0 atom stereocenters. The summed E-state index contributed by atoms with van der Waals surface area (Å²) in [5.74, 6) is -0.558. The monoisotopic (exact) mass is 342 g/mol. The van der Waals surface area contributed by atoms with Crippen LogP contribution in [-0.2, 0) is 0 Å². The molecule has 3 rings (SSSR count). The summed E-state index contributed by atoms with van der Waals surface area (Å²) < 4.78 is 14.6. The van der Waals surface area contributed by atoms with Crippen molar-refractivity contribution in [3.05, 3.63) is 39.6 Å². The Labute approximate surface area is 125 Å². The van der Waals surface area contributed by atoms with E-state index in [-0.39, 0.29) is 5.56 Å². The van der Waals surface area contributed by atoms with Gasteiger partial charge in [0.25, 0.3) is 5.24 Å². The fraction of sp³-hybridized carbons (Fsp3) is 0.400. The SMILES string of the molecule is O=C(Cl)c1c(F)cc(Br)cc1C1=CCC2(CC1)CC2. The van der Waals surface area contributed by atoms with Gasteiger partial charge in [-0.05, 0) is 72.4 Å². The molecular formula is C15H13BrClFO. The van der Waals surface area contributed by atoms with Gasteiger partial charge in [0.05, 0.1) is 5.56 Å². The molecular weight excluding hydrogens is 331 g/mol. The minimum absolute atomic E-state index is 0.00265. The smallest absolute Gasteiger partial charge is 0.255 e. The van der Waals surface area contributed by atoms with E-state index in [2.05, 4.69) is 22.0 Å². The number of hydrogen-bond acceptors (Lipinski definition) is 1. The summed E-state index contributed by atoms with van der Waals surface area (Å²) in [6.45, 7) is 0. The first-order valence-corrected chi connectivity index (χ1v) is 7.56. The van der Waals surface area contributed by atoms with E-state index in [0.29, 0.717) is 15.5 Å². The van der Waals surface area contributed by atoms with Crippen molar-refractivity contribution in [1.29, 1.82) is 0 Å². The zero-order chi connectivity index (χ0) is 13.6. The lowest BCUT2D eigenvalue weighted by molar-refractivity contribution is 0.107. The van der Waals surface area contributed by atoms with Gasteiger partial charge in [-0.2, -0.15) is 0 Å². The number of carbonyl (C=O) groups excluding carboxylic acids is 1. The van der Waals surface area contributed by atoms with Crippen molar-refractivity contribution in [3.8, 4) is 0 Å². The Morgan fingerprint density at radius 1 is 1.32 bits per heavy atom. The number of rotatable bonds is 2. The van der Waals surface area contributed by atoms with Gasteiger partial charge in [0.2, 0.25) is 0 Å². The predicted octanol–water partition coefficient (Wildman–Crippen LogP) is 5.31. The van der Waals surface area contributed by atoms with Crippen molar-refractivity contribution in [3.63, 3.8) is 0 Å². The van der Waals surface area contributed by atoms with E-state index < -0.39 is 11.1 Å². The van der Waals surface area contributed by atoms with Crippen LogP contribution in [-0.4, -0.2) is 5.24 Å².